The zero-order valence-electron chi connectivity index (χ0n) is 14.8. The fraction of sp³-hybridized carbons (Fsp3) is 0.389. The quantitative estimate of drug-likeness (QED) is 0.433. The van der Waals surface area contributed by atoms with E-state index >= 15 is 0 Å². The average molecular weight is 359 g/mol. The number of urea groups is 1. The summed E-state index contributed by atoms with van der Waals surface area (Å²) in [5, 5.41) is 2.70. The van der Waals surface area contributed by atoms with Crippen molar-refractivity contribution in [1.29, 1.82) is 0 Å². The first-order valence-electron chi connectivity index (χ1n) is 8.49. The largest absolute Gasteiger partial charge is 0.334 e. The molecule has 1 aromatic carbocycles. The molecular weight excluding hydrogens is 338 g/mol. The minimum atomic E-state index is -0.986. The summed E-state index contributed by atoms with van der Waals surface area (Å²) in [5.41, 5.74) is 0.832. The van der Waals surface area contributed by atoms with Crippen LogP contribution in [0, 0.1) is 0 Å². The second-order valence-corrected chi connectivity index (χ2v) is 5.93. The van der Waals surface area contributed by atoms with Gasteiger partial charge in [-0.05, 0) is 37.1 Å². The molecule has 1 fully saturated rings. The third-order valence-corrected chi connectivity index (χ3v) is 3.85. The Morgan fingerprint density at radius 3 is 2.12 bits per heavy atom. The lowest BCUT2D eigenvalue weighted by molar-refractivity contribution is -0.143. The van der Waals surface area contributed by atoms with Crippen LogP contribution in [-0.2, 0) is 14.4 Å². The van der Waals surface area contributed by atoms with E-state index in [0.717, 1.165) is 11.3 Å². The van der Waals surface area contributed by atoms with Crippen molar-refractivity contribution in [1.82, 2.24) is 9.80 Å². The van der Waals surface area contributed by atoms with Gasteiger partial charge in [0.25, 0.3) is 0 Å². The highest BCUT2D eigenvalue weighted by atomic mass is 16.2. The van der Waals surface area contributed by atoms with Crippen LogP contribution in [0.5, 0.6) is 0 Å². The van der Waals surface area contributed by atoms with Crippen LogP contribution < -0.4 is 5.32 Å². The lowest BCUT2D eigenvalue weighted by Gasteiger charge is -2.14. The van der Waals surface area contributed by atoms with E-state index in [1.54, 1.807) is 19.1 Å². The van der Waals surface area contributed by atoms with Gasteiger partial charge in [-0.25, -0.2) is 9.69 Å². The van der Waals surface area contributed by atoms with E-state index in [4.69, 9.17) is 0 Å². The Labute approximate surface area is 151 Å². The topological polar surface area (TPSA) is 104 Å². The molecule has 0 spiro atoms. The Morgan fingerprint density at radius 1 is 0.923 bits per heavy atom. The molecule has 1 N–H and O–H groups in total. The summed E-state index contributed by atoms with van der Waals surface area (Å²) in [5.74, 6) is -2.47. The molecule has 0 aliphatic carbocycles. The summed E-state index contributed by atoms with van der Waals surface area (Å²) in [6.07, 6.45) is 1.66. The van der Waals surface area contributed by atoms with Crippen LogP contribution in [0.25, 0.3) is 0 Å². The normalized spacial score (nSPS) is 14.2. The number of imide groups is 2. The van der Waals surface area contributed by atoms with Crippen molar-refractivity contribution in [3.8, 4) is 0 Å². The Kier molecular flexibility index (Phi) is 6.21. The van der Waals surface area contributed by atoms with Crippen molar-refractivity contribution < 1.29 is 24.0 Å². The number of ketones is 1. The summed E-state index contributed by atoms with van der Waals surface area (Å²) < 4.78 is 0. The predicted molar refractivity (Wildman–Crippen MR) is 93.4 cm³/mol. The van der Waals surface area contributed by atoms with Gasteiger partial charge < -0.3 is 5.32 Å². The van der Waals surface area contributed by atoms with E-state index in [2.05, 4.69) is 5.32 Å². The van der Waals surface area contributed by atoms with Gasteiger partial charge in [0.2, 0.25) is 5.91 Å². The third-order valence-electron chi connectivity index (χ3n) is 3.85. The number of amides is 5. The summed E-state index contributed by atoms with van der Waals surface area (Å²) in [6, 6.07) is 5.38. The smallest absolute Gasteiger partial charge is 0.326 e. The molecule has 1 aromatic rings. The molecule has 8 heteroatoms. The molecule has 1 aliphatic rings. The van der Waals surface area contributed by atoms with Gasteiger partial charge >= 0.3 is 17.8 Å². The standard InChI is InChI=1S/C18H21N3O5/c1-3-5-15(23)19-13-8-6-12(7-9-13)14(22)11-21-17(25)16(24)20(10-4-2)18(21)26/h6-9H,3-5,10-11H2,1-2H3,(H,19,23). The van der Waals surface area contributed by atoms with Crippen LogP contribution in [0.15, 0.2) is 24.3 Å². The minimum Gasteiger partial charge on any atom is -0.326 e. The van der Waals surface area contributed by atoms with Crippen LogP contribution in [-0.4, -0.2) is 52.4 Å². The number of anilines is 1. The lowest BCUT2D eigenvalue weighted by Crippen LogP contribution is -2.37. The van der Waals surface area contributed by atoms with Crippen molar-refractivity contribution in [2.75, 3.05) is 18.4 Å². The number of rotatable bonds is 8. The van der Waals surface area contributed by atoms with E-state index < -0.39 is 30.2 Å². The summed E-state index contributed by atoms with van der Waals surface area (Å²) in [6.45, 7) is 3.32. The second kappa shape index (κ2) is 8.37. The Morgan fingerprint density at radius 2 is 1.54 bits per heavy atom. The van der Waals surface area contributed by atoms with Crippen molar-refractivity contribution in [2.24, 2.45) is 0 Å². The van der Waals surface area contributed by atoms with E-state index in [1.165, 1.54) is 12.1 Å². The maximum absolute atomic E-state index is 12.3. The average Bonchev–Trinajstić information content (AvgIpc) is 2.81. The summed E-state index contributed by atoms with van der Waals surface area (Å²) in [7, 11) is 0. The predicted octanol–water partition coefficient (Wildman–Crippen LogP) is 1.81. The first-order chi connectivity index (χ1) is 12.4. The number of hydrogen-bond acceptors (Lipinski definition) is 5. The SMILES string of the molecule is CCCC(=O)Nc1ccc(C(=O)CN2C(=O)C(=O)N(CCC)C2=O)cc1. The molecular formula is C18H21N3O5. The van der Waals surface area contributed by atoms with Crippen molar-refractivity contribution in [2.45, 2.75) is 33.1 Å². The molecule has 1 heterocycles. The number of benzene rings is 1. The van der Waals surface area contributed by atoms with Gasteiger partial charge in [0.1, 0.15) is 0 Å². The molecule has 1 aliphatic heterocycles. The van der Waals surface area contributed by atoms with Crippen LogP contribution in [0.4, 0.5) is 10.5 Å². The molecule has 0 atom stereocenters. The van der Waals surface area contributed by atoms with E-state index in [-0.39, 0.29) is 18.0 Å². The molecule has 0 aromatic heterocycles. The number of Topliss-reactive ketones (excluding diaryl/α,β-unsaturated/α-hetero) is 1. The molecule has 1 saturated heterocycles. The Bertz CT molecular complexity index is 742. The highest BCUT2D eigenvalue weighted by Crippen LogP contribution is 2.15. The fourth-order valence-electron chi connectivity index (χ4n) is 2.54. The summed E-state index contributed by atoms with van der Waals surface area (Å²) >= 11 is 0. The number of nitrogens with zero attached hydrogens (tertiary/aromatic N) is 2. The van der Waals surface area contributed by atoms with Gasteiger partial charge in [-0.1, -0.05) is 13.8 Å². The molecule has 138 valence electrons. The van der Waals surface area contributed by atoms with Crippen LogP contribution in [0.3, 0.4) is 0 Å². The van der Waals surface area contributed by atoms with Gasteiger partial charge in [0.05, 0.1) is 6.54 Å². The van der Waals surface area contributed by atoms with Crippen LogP contribution in [0.1, 0.15) is 43.5 Å². The monoisotopic (exact) mass is 359 g/mol. The van der Waals surface area contributed by atoms with E-state index in [1.807, 2.05) is 6.92 Å². The second-order valence-electron chi connectivity index (χ2n) is 5.93. The maximum Gasteiger partial charge on any atom is 0.334 e. The third kappa shape index (κ3) is 4.14. The van der Waals surface area contributed by atoms with Gasteiger partial charge in [0.15, 0.2) is 5.78 Å². The number of nitrogens with one attached hydrogen (secondary N) is 1. The fourth-order valence-corrected chi connectivity index (χ4v) is 2.54. The number of carbonyl (C=O) groups is 5. The highest BCUT2D eigenvalue weighted by Gasteiger charge is 2.44. The molecule has 8 nitrogen and oxygen atoms in total. The van der Waals surface area contributed by atoms with Gasteiger partial charge in [-0.2, -0.15) is 0 Å². The van der Waals surface area contributed by atoms with Crippen molar-refractivity contribution in [3.63, 3.8) is 0 Å². The first kappa shape index (κ1) is 19.3. The first-order valence-corrected chi connectivity index (χ1v) is 8.49. The molecule has 26 heavy (non-hydrogen) atoms. The molecule has 0 bridgehead atoms. The van der Waals surface area contributed by atoms with Crippen LogP contribution >= 0.6 is 0 Å². The molecule has 0 unspecified atom stereocenters. The van der Waals surface area contributed by atoms with E-state index in [0.29, 0.717) is 23.4 Å². The van der Waals surface area contributed by atoms with E-state index in [9.17, 15) is 24.0 Å². The van der Waals surface area contributed by atoms with Gasteiger partial charge in [-0.15, -0.1) is 0 Å². The molecule has 0 radical (unpaired) electrons. The van der Waals surface area contributed by atoms with Gasteiger partial charge in [-0.3, -0.25) is 24.1 Å². The number of carbonyl (C=O) groups excluding carboxylic acids is 5. The highest BCUT2D eigenvalue weighted by molar-refractivity contribution is 6.45. The van der Waals surface area contributed by atoms with Crippen molar-refractivity contribution >= 4 is 35.2 Å². The zero-order chi connectivity index (χ0) is 19.3. The zero-order valence-corrected chi connectivity index (χ0v) is 14.8. The Hall–Kier alpha value is -3.03. The summed E-state index contributed by atoms with van der Waals surface area (Å²) in [4.78, 5) is 61.2. The molecule has 2 rings (SSSR count). The van der Waals surface area contributed by atoms with Gasteiger partial charge in [0, 0.05) is 24.2 Å². The maximum atomic E-state index is 12.3. The van der Waals surface area contributed by atoms with Crippen LogP contribution in [0.2, 0.25) is 0 Å². The lowest BCUT2D eigenvalue weighted by atomic mass is 10.1. The minimum absolute atomic E-state index is 0.116. The Balaban J connectivity index is 2.03. The molecule has 0 saturated carbocycles. The number of hydrogen-bond donors (Lipinski definition) is 1. The molecule has 5 amide bonds. The van der Waals surface area contributed by atoms with Crippen molar-refractivity contribution in [3.05, 3.63) is 29.8 Å².